The Morgan fingerprint density at radius 3 is 2.11 bits per heavy atom. The first kappa shape index (κ1) is 23.9. The number of rotatable bonds is 8. The number of aryl methyl sites for hydroxylation is 1. The largest absolute Gasteiger partial charge is 0.497 e. The molecule has 0 radical (unpaired) electrons. The predicted octanol–water partition coefficient (Wildman–Crippen LogP) is 5.36. The second-order valence-electron chi connectivity index (χ2n) is 7.45. The quantitative estimate of drug-likeness (QED) is 0.301. The van der Waals surface area contributed by atoms with Gasteiger partial charge in [0, 0.05) is 28.8 Å². The van der Waals surface area contributed by atoms with E-state index >= 15 is 0 Å². The highest BCUT2D eigenvalue weighted by Gasteiger charge is 2.20. The second kappa shape index (κ2) is 9.94. The van der Waals surface area contributed by atoms with E-state index in [-0.39, 0.29) is 5.69 Å². The topological polar surface area (TPSA) is 105 Å². The smallest absolute Gasteiger partial charge is 0.264 e. The molecule has 8 nitrogen and oxygen atoms in total. The van der Waals surface area contributed by atoms with Crippen molar-refractivity contribution in [3.8, 4) is 5.75 Å². The zero-order valence-corrected chi connectivity index (χ0v) is 19.5. The number of anilines is 5. The third-order valence-electron chi connectivity index (χ3n) is 4.79. The normalized spacial score (nSPS) is 11.1. The van der Waals surface area contributed by atoms with Crippen molar-refractivity contribution >= 4 is 38.9 Å². The van der Waals surface area contributed by atoms with Crippen molar-refractivity contribution in [2.45, 2.75) is 11.8 Å². The monoisotopic (exact) mass is 497 g/mol. The maximum absolute atomic E-state index is 13.9. The number of nitrogens with zero attached hydrogens (tertiary/aromatic N) is 2. The van der Waals surface area contributed by atoms with Crippen LogP contribution in [0.1, 0.15) is 5.69 Å². The number of hydrogen-bond donors (Lipinski definition) is 3. The lowest BCUT2D eigenvalue weighted by atomic mass is 10.3. The van der Waals surface area contributed by atoms with Gasteiger partial charge < -0.3 is 15.4 Å². The minimum absolute atomic E-state index is 0.172. The minimum Gasteiger partial charge on any atom is -0.497 e. The first-order valence-corrected chi connectivity index (χ1v) is 11.8. The van der Waals surface area contributed by atoms with Crippen LogP contribution in [0.2, 0.25) is 0 Å². The molecule has 4 aromatic rings. The number of hydrogen-bond acceptors (Lipinski definition) is 7. The molecular formula is C24H21F2N5O3S. The van der Waals surface area contributed by atoms with Gasteiger partial charge in [-0.25, -0.2) is 22.2 Å². The highest BCUT2D eigenvalue weighted by molar-refractivity contribution is 7.92. The molecule has 0 saturated heterocycles. The fraction of sp³-hybridized carbons (Fsp3) is 0.0833. The number of benzene rings is 3. The van der Waals surface area contributed by atoms with E-state index in [1.54, 1.807) is 25.3 Å². The van der Waals surface area contributed by atoms with E-state index in [1.165, 1.54) is 12.1 Å². The number of aromatic nitrogens is 2. The van der Waals surface area contributed by atoms with Gasteiger partial charge in [0.25, 0.3) is 10.0 Å². The molecule has 0 amide bonds. The summed E-state index contributed by atoms with van der Waals surface area (Å²) in [5.74, 6) is -0.260. The Morgan fingerprint density at radius 2 is 1.43 bits per heavy atom. The Labute approximate surface area is 201 Å². The lowest BCUT2D eigenvalue weighted by Crippen LogP contribution is -2.15. The molecule has 0 aliphatic rings. The summed E-state index contributed by atoms with van der Waals surface area (Å²) in [5, 5.41) is 6.26. The molecule has 180 valence electrons. The molecule has 0 saturated carbocycles. The third kappa shape index (κ3) is 6.01. The summed E-state index contributed by atoms with van der Waals surface area (Å²) in [6, 6.07) is 17.5. The van der Waals surface area contributed by atoms with Crippen molar-refractivity contribution in [2.24, 2.45) is 0 Å². The van der Waals surface area contributed by atoms with Crippen LogP contribution in [0.15, 0.2) is 77.7 Å². The summed E-state index contributed by atoms with van der Waals surface area (Å²) >= 11 is 0. The summed E-state index contributed by atoms with van der Waals surface area (Å²) in [7, 11) is -2.71. The number of halogens is 2. The molecular weight excluding hydrogens is 476 g/mol. The van der Waals surface area contributed by atoms with Crippen LogP contribution >= 0.6 is 0 Å². The van der Waals surface area contributed by atoms with E-state index in [0.29, 0.717) is 23.5 Å². The Balaban J connectivity index is 1.47. The van der Waals surface area contributed by atoms with Gasteiger partial charge in [0.2, 0.25) is 5.95 Å². The molecule has 0 atom stereocenters. The zero-order chi connectivity index (χ0) is 25.0. The van der Waals surface area contributed by atoms with Crippen LogP contribution < -0.4 is 20.1 Å². The molecule has 0 bridgehead atoms. The van der Waals surface area contributed by atoms with Gasteiger partial charge in [0.1, 0.15) is 28.1 Å². The zero-order valence-electron chi connectivity index (χ0n) is 18.7. The third-order valence-corrected chi connectivity index (χ3v) is 6.19. The molecule has 3 N–H and O–H groups in total. The Kier molecular flexibility index (Phi) is 6.78. The predicted molar refractivity (Wildman–Crippen MR) is 130 cm³/mol. The van der Waals surface area contributed by atoms with Gasteiger partial charge in [-0.2, -0.15) is 4.98 Å². The van der Waals surface area contributed by atoms with Crippen LogP contribution in [-0.2, 0) is 10.0 Å². The first-order chi connectivity index (χ1) is 16.7. The molecule has 35 heavy (non-hydrogen) atoms. The number of nitrogens with one attached hydrogen (secondary N) is 3. The average molecular weight is 498 g/mol. The highest BCUT2D eigenvalue weighted by atomic mass is 32.2. The molecule has 4 rings (SSSR count). The van der Waals surface area contributed by atoms with Gasteiger partial charge in [-0.15, -0.1) is 0 Å². The van der Waals surface area contributed by atoms with Crippen molar-refractivity contribution in [1.29, 1.82) is 0 Å². The summed E-state index contributed by atoms with van der Waals surface area (Å²) in [5.41, 5.74) is 2.30. The Morgan fingerprint density at radius 1 is 0.800 bits per heavy atom. The van der Waals surface area contributed by atoms with Crippen molar-refractivity contribution in [3.05, 3.63) is 90.1 Å². The van der Waals surface area contributed by atoms with Crippen molar-refractivity contribution in [3.63, 3.8) is 0 Å². The standard InChI is InChI=1S/C24H21F2N5O3S/c1-15-13-23(28-17-8-10-20(34-2)11-9-17)30-24(27-15)29-18-4-6-19(7-5-18)31-35(32,33)22-14-16(25)3-12-21(22)26/h3-14,31H,1-2H3,(H2,27,28,29,30). The molecule has 0 aliphatic heterocycles. The number of ether oxygens (including phenoxy) is 1. The number of methoxy groups -OCH3 is 1. The van der Waals surface area contributed by atoms with E-state index < -0.39 is 26.6 Å². The van der Waals surface area contributed by atoms with Gasteiger partial charge in [-0.3, -0.25) is 4.72 Å². The molecule has 1 heterocycles. The van der Waals surface area contributed by atoms with E-state index in [1.807, 2.05) is 31.2 Å². The van der Waals surface area contributed by atoms with Crippen LogP contribution in [0.25, 0.3) is 0 Å². The molecule has 0 spiro atoms. The summed E-state index contributed by atoms with van der Waals surface area (Å²) in [6.07, 6.45) is 0. The van der Waals surface area contributed by atoms with Crippen LogP contribution in [0.5, 0.6) is 5.75 Å². The van der Waals surface area contributed by atoms with Crippen LogP contribution in [0.4, 0.5) is 37.6 Å². The van der Waals surface area contributed by atoms with Crippen LogP contribution in [0, 0.1) is 18.6 Å². The van der Waals surface area contributed by atoms with Gasteiger partial charge >= 0.3 is 0 Å². The summed E-state index contributed by atoms with van der Waals surface area (Å²) in [4.78, 5) is 8.05. The summed E-state index contributed by atoms with van der Waals surface area (Å²) in [6.45, 7) is 1.83. The van der Waals surface area contributed by atoms with Crippen molar-refractivity contribution in [1.82, 2.24) is 9.97 Å². The van der Waals surface area contributed by atoms with E-state index in [2.05, 4.69) is 25.3 Å². The fourth-order valence-corrected chi connectivity index (χ4v) is 4.30. The van der Waals surface area contributed by atoms with Crippen molar-refractivity contribution in [2.75, 3.05) is 22.5 Å². The van der Waals surface area contributed by atoms with Gasteiger partial charge in [0.05, 0.1) is 7.11 Å². The number of sulfonamides is 1. The maximum atomic E-state index is 13.9. The van der Waals surface area contributed by atoms with Gasteiger partial charge in [-0.1, -0.05) is 0 Å². The first-order valence-electron chi connectivity index (χ1n) is 10.3. The lowest BCUT2D eigenvalue weighted by molar-refractivity contribution is 0.415. The molecule has 1 aromatic heterocycles. The van der Waals surface area contributed by atoms with E-state index in [9.17, 15) is 17.2 Å². The summed E-state index contributed by atoms with van der Waals surface area (Å²) < 4.78 is 59.6. The minimum atomic E-state index is -4.31. The van der Waals surface area contributed by atoms with Crippen molar-refractivity contribution < 1.29 is 21.9 Å². The fourth-order valence-electron chi connectivity index (χ4n) is 3.15. The Hall–Kier alpha value is -4.25. The highest BCUT2D eigenvalue weighted by Crippen LogP contribution is 2.24. The van der Waals surface area contributed by atoms with Crippen LogP contribution in [0.3, 0.4) is 0 Å². The van der Waals surface area contributed by atoms with Gasteiger partial charge in [0.15, 0.2) is 0 Å². The molecule has 0 fully saturated rings. The molecule has 11 heteroatoms. The maximum Gasteiger partial charge on any atom is 0.264 e. The molecule has 3 aromatic carbocycles. The lowest BCUT2D eigenvalue weighted by Gasteiger charge is -2.12. The second-order valence-corrected chi connectivity index (χ2v) is 9.11. The van der Waals surface area contributed by atoms with Gasteiger partial charge in [-0.05, 0) is 73.7 Å². The Bertz CT molecular complexity index is 1450. The van der Waals surface area contributed by atoms with Crippen LogP contribution in [-0.4, -0.2) is 25.5 Å². The van der Waals surface area contributed by atoms with E-state index in [4.69, 9.17) is 4.74 Å². The SMILES string of the molecule is COc1ccc(Nc2cc(C)nc(Nc3ccc(NS(=O)(=O)c4cc(F)ccc4F)cc3)n2)cc1. The molecule has 0 unspecified atom stereocenters. The average Bonchev–Trinajstić information content (AvgIpc) is 2.82. The molecule has 0 aliphatic carbocycles. The van der Waals surface area contributed by atoms with E-state index in [0.717, 1.165) is 29.3 Å².